The molecule has 1 fully saturated rings. The third kappa shape index (κ3) is 3.78. The van der Waals surface area contributed by atoms with Crippen molar-refractivity contribution in [3.8, 4) is 17.0 Å². The number of H-pyrrole nitrogens is 1. The second kappa shape index (κ2) is 7.54. The number of aromatic nitrogens is 2. The maximum Gasteiger partial charge on any atom is 0.250 e. The molecule has 0 saturated heterocycles. The van der Waals surface area contributed by atoms with Gasteiger partial charge in [0.2, 0.25) is 5.91 Å². The van der Waals surface area contributed by atoms with Crippen molar-refractivity contribution in [2.24, 2.45) is 5.92 Å². The highest BCUT2D eigenvalue weighted by molar-refractivity contribution is 6.02. The highest BCUT2D eigenvalue weighted by Crippen LogP contribution is 2.37. The Kier molecular flexibility index (Phi) is 4.92. The number of carbonyl (C=O) groups excluding carboxylic acids is 1. The smallest absolute Gasteiger partial charge is 0.250 e. The van der Waals surface area contributed by atoms with Crippen LogP contribution in [0, 0.1) is 19.8 Å². The molecule has 0 aliphatic heterocycles. The Balaban J connectivity index is 1.83. The SMILES string of the molecule is COc1cccc(N(C(=O)C2CC2)c2ccc(C)c(-c3c[nH]c(=O)c(C)c3)n2)c1. The quantitative estimate of drug-likeness (QED) is 0.712. The number of nitrogens with one attached hydrogen (secondary N) is 1. The molecule has 2 heterocycles. The highest BCUT2D eigenvalue weighted by atomic mass is 16.5. The average molecular weight is 389 g/mol. The first-order valence-corrected chi connectivity index (χ1v) is 9.63. The van der Waals surface area contributed by atoms with Crippen LogP contribution in [-0.4, -0.2) is 23.0 Å². The Morgan fingerprint density at radius 1 is 1.14 bits per heavy atom. The van der Waals surface area contributed by atoms with Crippen molar-refractivity contribution < 1.29 is 9.53 Å². The number of carbonyl (C=O) groups is 1. The molecule has 0 atom stereocenters. The molecule has 3 aromatic rings. The second-order valence-corrected chi connectivity index (χ2v) is 7.38. The van der Waals surface area contributed by atoms with E-state index in [1.165, 1.54) is 0 Å². The van der Waals surface area contributed by atoms with Crippen LogP contribution < -0.4 is 15.2 Å². The zero-order chi connectivity index (χ0) is 20.5. The minimum atomic E-state index is -0.121. The van der Waals surface area contributed by atoms with Crippen molar-refractivity contribution in [3.05, 3.63) is 70.1 Å². The van der Waals surface area contributed by atoms with E-state index in [0.717, 1.165) is 35.3 Å². The molecular formula is C23H23N3O3. The maximum absolute atomic E-state index is 13.1. The van der Waals surface area contributed by atoms with Crippen LogP contribution in [0.3, 0.4) is 0 Å². The number of rotatable bonds is 5. The molecule has 1 N–H and O–H groups in total. The maximum atomic E-state index is 13.1. The lowest BCUT2D eigenvalue weighted by Gasteiger charge is -2.23. The number of anilines is 2. The Morgan fingerprint density at radius 3 is 2.62 bits per heavy atom. The highest BCUT2D eigenvalue weighted by Gasteiger charge is 2.35. The fourth-order valence-electron chi connectivity index (χ4n) is 3.30. The number of hydrogen-bond donors (Lipinski definition) is 1. The van der Waals surface area contributed by atoms with Crippen molar-refractivity contribution in [3.63, 3.8) is 0 Å². The molecule has 1 aliphatic carbocycles. The number of nitrogens with zero attached hydrogens (tertiary/aromatic N) is 2. The number of benzene rings is 1. The van der Waals surface area contributed by atoms with E-state index in [2.05, 4.69) is 4.98 Å². The molecule has 29 heavy (non-hydrogen) atoms. The molecule has 6 heteroatoms. The first-order chi connectivity index (χ1) is 14.0. The summed E-state index contributed by atoms with van der Waals surface area (Å²) in [7, 11) is 1.60. The van der Waals surface area contributed by atoms with Crippen molar-refractivity contribution in [1.29, 1.82) is 0 Å². The Hall–Kier alpha value is -3.41. The lowest BCUT2D eigenvalue weighted by atomic mass is 10.1. The zero-order valence-corrected chi connectivity index (χ0v) is 16.7. The van der Waals surface area contributed by atoms with Crippen molar-refractivity contribution in [2.75, 3.05) is 12.0 Å². The van der Waals surface area contributed by atoms with Gasteiger partial charge >= 0.3 is 0 Å². The van der Waals surface area contributed by atoms with E-state index >= 15 is 0 Å². The number of aromatic amines is 1. The van der Waals surface area contributed by atoms with Crippen LogP contribution in [0.15, 0.2) is 53.5 Å². The van der Waals surface area contributed by atoms with Gasteiger partial charge in [-0.15, -0.1) is 0 Å². The van der Waals surface area contributed by atoms with Gasteiger partial charge in [0.25, 0.3) is 5.56 Å². The third-order valence-corrected chi connectivity index (χ3v) is 5.13. The van der Waals surface area contributed by atoms with Crippen molar-refractivity contribution >= 4 is 17.4 Å². The zero-order valence-electron chi connectivity index (χ0n) is 16.7. The lowest BCUT2D eigenvalue weighted by molar-refractivity contribution is -0.119. The van der Waals surface area contributed by atoms with Gasteiger partial charge < -0.3 is 9.72 Å². The van der Waals surface area contributed by atoms with Gasteiger partial charge in [-0.2, -0.15) is 0 Å². The van der Waals surface area contributed by atoms with Gasteiger partial charge in [0, 0.05) is 29.3 Å². The largest absolute Gasteiger partial charge is 0.497 e. The van der Waals surface area contributed by atoms with Crippen molar-refractivity contribution in [2.45, 2.75) is 26.7 Å². The molecule has 0 bridgehead atoms. The van der Waals surface area contributed by atoms with E-state index in [-0.39, 0.29) is 17.4 Å². The molecule has 1 saturated carbocycles. The normalized spacial score (nSPS) is 13.2. The predicted octanol–water partition coefficient (Wildman–Crippen LogP) is 4.14. The summed E-state index contributed by atoms with van der Waals surface area (Å²) in [6, 6.07) is 13.1. The van der Waals surface area contributed by atoms with E-state index in [0.29, 0.717) is 17.1 Å². The molecule has 0 radical (unpaired) electrons. The summed E-state index contributed by atoms with van der Waals surface area (Å²) in [5, 5.41) is 0. The Bertz CT molecular complexity index is 1130. The van der Waals surface area contributed by atoms with Gasteiger partial charge in [-0.05, 0) is 56.5 Å². The van der Waals surface area contributed by atoms with E-state index < -0.39 is 0 Å². The minimum Gasteiger partial charge on any atom is -0.497 e. The summed E-state index contributed by atoms with van der Waals surface area (Å²) in [6.45, 7) is 3.73. The molecule has 1 aromatic carbocycles. The second-order valence-electron chi connectivity index (χ2n) is 7.38. The summed E-state index contributed by atoms with van der Waals surface area (Å²) < 4.78 is 5.34. The number of ether oxygens (including phenoxy) is 1. The van der Waals surface area contributed by atoms with Crippen LogP contribution in [0.5, 0.6) is 5.75 Å². The molecule has 0 spiro atoms. The van der Waals surface area contributed by atoms with Gasteiger partial charge in [0.1, 0.15) is 11.6 Å². The van der Waals surface area contributed by atoms with Gasteiger partial charge in [0.05, 0.1) is 18.5 Å². The molecule has 148 valence electrons. The fourth-order valence-corrected chi connectivity index (χ4v) is 3.30. The van der Waals surface area contributed by atoms with Crippen LogP contribution in [0.4, 0.5) is 11.5 Å². The minimum absolute atomic E-state index is 0.0306. The summed E-state index contributed by atoms with van der Waals surface area (Å²) in [5.74, 6) is 1.31. The van der Waals surface area contributed by atoms with Crippen LogP contribution >= 0.6 is 0 Å². The lowest BCUT2D eigenvalue weighted by Crippen LogP contribution is -2.28. The molecule has 4 rings (SSSR count). The fraction of sp³-hybridized carbons (Fsp3) is 0.261. The average Bonchev–Trinajstić information content (AvgIpc) is 3.57. The predicted molar refractivity (Wildman–Crippen MR) is 113 cm³/mol. The number of hydrogen-bond acceptors (Lipinski definition) is 4. The molecule has 1 amide bonds. The number of aryl methyl sites for hydroxylation is 2. The standard InChI is InChI=1S/C23H23N3O3/c1-14-7-10-20(25-21(14)17-11-15(2)22(27)24-13-17)26(23(28)16-8-9-16)18-5-4-6-19(12-18)29-3/h4-7,10-13,16H,8-9H2,1-3H3,(H,24,27). The number of amides is 1. The Morgan fingerprint density at radius 2 is 1.93 bits per heavy atom. The van der Waals surface area contributed by atoms with E-state index in [1.807, 2.05) is 49.4 Å². The van der Waals surface area contributed by atoms with Crippen molar-refractivity contribution in [1.82, 2.24) is 9.97 Å². The summed E-state index contributed by atoms with van der Waals surface area (Å²) in [5.41, 5.74) is 3.73. The van der Waals surface area contributed by atoms with Gasteiger partial charge in [0.15, 0.2) is 0 Å². The summed E-state index contributed by atoms with van der Waals surface area (Å²) >= 11 is 0. The first-order valence-electron chi connectivity index (χ1n) is 9.63. The molecule has 1 aliphatic rings. The van der Waals surface area contributed by atoms with E-state index in [4.69, 9.17) is 9.72 Å². The van der Waals surface area contributed by atoms with Gasteiger partial charge in [-0.25, -0.2) is 4.98 Å². The molecular weight excluding hydrogens is 366 g/mol. The van der Waals surface area contributed by atoms with Crippen LogP contribution in [0.1, 0.15) is 24.0 Å². The topological polar surface area (TPSA) is 75.3 Å². The van der Waals surface area contributed by atoms with E-state index in [1.54, 1.807) is 25.1 Å². The molecule has 0 unspecified atom stereocenters. The van der Waals surface area contributed by atoms with Crippen LogP contribution in [-0.2, 0) is 4.79 Å². The monoisotopic (exact) mass is 389 g/mol. The van der Waals surface area contributed by atoms with E-state index in [9.17, 15) is 9.59 Å². The summed E-state index contributed by atoms with van der Waals surface area (Å²) in [4.78, 5) is 34.1. The van der Waals surface area contributed by atoms with Crippen LogP contribution in [0.2, 0.25) is 0 Å². The van der Waals surface area contributed by atoms with Crippen LogP contribution in [0.25, 0.3) is 11.3 Å². The third-order valence-electron chi connectivity index (χ3n) is 5.13. The van der Waals surface area contributed by atoms with Gasteiger partial charge in [-0.3, -0.25) is 14.5 Å². The molecule has 6 nitrogen and oxygen atoms in total. The van der Waals surface area contributed by atoms with Gasteiger partial charge in [-0.1, -0.05) is 12.1 Å². The number of methoxy groups -OCH3 is 1. The summed E-state index contributed by atoms with van der Waals surface area (Å²) in [6.07, 6.45) is 3.46. The number of pyridine rings is 2. The Labute approximate surface area is 169 Å². The first kappa shape index (κ1) is 18.9. The molecule has 2 aromatic heterocycles.